The molecule has 0 unspecified atom stereocenters. The Morgan fingerprint density at radius 3 is 2.92 bits per heavy atom. The minimum atomic E-state index is -0.948. The van der Waals surface area contributed by atoms with Crippen molar-refractivity contribution in [1.29, 1.82) is 0 Å². The number of carbonyl (C=O) groups is 2. The molecule has 0 bridgehead atoms. The van der Waals surface area contributed by atoms with Gasteiger partial charge in [0.15, 0.2) is 0 Å². The van der Waals surface area contributed by atoms with E-state index in [1.54, 1.807) is 12.3 Å². The van der Waals surface area contributed by atoms with Crippen LogP contribution in [0.2, 0.25) is 0 Å². The molecule has 1 aromatic carbocycles. The molecule has 1 aromatic heterocycles. The zero-order valence-electron chi connectivity index (χ0n) is 13.7. The average Bonchev–Trinajstić information content (AvgIpc) is 3.01. The summed E-state index contributed by atoms with van der Waals surface area (Å²) in [4.78, 5) is 26.6. The molecule has 0 aliphatic heterocycles. The van der Waals surface area contributed by atoms with E-state index in [1.165, 1.54) is 0 Å². The number of rotatable bonds is 8. The van der Waals surface area contributed by atoms with E-state index in [4.69, 9.17) is 5.11 Å². The van der Waals surface area contributed by atoms with Crippen LogP contribution in [0.15, 0.2) is 36.7 Å². The standard InChI is InChI=1S/C17H22N4O3/c1-2-3-10-21-11-9-18-16(21)13-5-4-6-14(12-13)20-17(24)19-8-7-15(22)23/h4-6,9,11-12H,2-3,7-8,10H2,1H3,(H,22,23)(H2,19,20,24). The summed E-state index contributed by atoms with van der Waals surface area (Å²) in [6, 6.07) is 6.99. The molecule has 3 N–H and O–H groups in total. The molecule has 0 saturated carbocycles. The van der Waals surface area contributed by atoms with Crippen LogP contribution in [0.4, 0.5) is 10.5 Å². The van der Waals surface area contributed by atoms with Gasteiger partial charge >= 0.3 is 12.0 Å². The zero-order valence-corrected chi connectivity index (χ0v) is 13.7. The molecule has 2 aromatic rings. The van der Waals surface area contributed by atoms with Gasteiger partial charge in [-0.15, -0.1) is 0 Å². The first kappa shape index (κ1) is 17.5. The summed E-state index contributed by atoms with van der Waals surface area (Å²) in [6.07, 6.45) is 5.79. The van der Waals surface area contributed by atoms with Crippen LogP contribution in [-0.4, -0.2) is 33.2 Å². The third kappa shape index (κ3) is 5.12. The van der Waals surface area contributed by atoms with Crippen molar-refractivity contribution in [2.24, 2.45) is 0 Å². The molecule has 0 radical (unpaired) electrons. The fourth-order valence-corrected chi connectivity index (χ4v) is 2.27. The van der Waals surface area contributed by atoms with Crippen LogP contribution in [0.5, 0.6) is 0 Å². The number of imidazole rings is 1. The number of carboxylic acid groups (broad SMARTS) is 1. The molecule has 2 amide bonds. The van der Waals surface area contributed by atoms with Gasteiger partial charge in [0.05, 0.1) is 6.42 Å². The third-order valence-electron chi connectivity index (χ3n) is 3.47. The molecule has 0 saturated heterocycles. The Kier molecular flexibility index (Phi) is 6.36. The predicted octanol–water partition coefficient (Wildman–Crippen LogP) is 2.95. The number of hydrogen-bond donors (Lipinski definition) is 3. The lowest BCUT2D eigenvalue weighted by atomic mass is 10.2. The predicted molar refractivity (Wildman–Crippen MR) is 91.8 cm³/mol. The van der Waals surface area contributed by atoms with Crippen LogP contribution in [-0.2, 0) is 11.3 Å². The molecule has 1 heterocycles. The van der Waals surface area contributed by atoms with E-state index in [-0.39, 0.29) is 13.0 Å². The maximum atomic E-state index is 11.8. The molecular weight excluding hydrogens is 308 g/mol. The van der Waals surface area contributed by atoms with Gasteiger partial charge in [0.2, 0.25) is 0 Å². The van der Waals surface area contributed by atoms with Gasteiger partial charge in [-0.3, -0.25) is 4.79 Å². The van der Waals surface area contributed by atoms with E-state index in [2.05, 4.69) is 27.1 Å². The van der Waals surface area contributed by atoms with Crippen molar-refractivity contribution in [3.8, 4) is 11.4 Å². The van der Waals surface area contributed by atoms with Crippen LogP contribution in [0.1, 0.15) is 26.2 Å². The number of aliphatic carboxylic acids is 1. The Labute approximate surface area is 140 Å². The number of nitrogens with one attached hydrogen (secondary N) is 2. The van der Waals surface area contributed by atoms with Gasteiger partial charge in [0.1, 0.15) is 5.82 Å². The maximum Gasteiger partial charge on any atom is 0.319 e. The number of hydrogen-bond acceptors (Lipinski definition) is 3. The average molecular weight is 330 g/mol. The van der Waals surface area contributed by atoms with Gasteiger partial charge in [-0.05, 0) is 18.6 Å². The number of aromatic nitrogens is 2. The Hall–Kier alpha value is -2.83. The van der Waals surface area contributed by atoms with Gasteiger partial charge in [0, 0.05) is 36.7 Å². The van der Waals surface area contributed by atoms with Crippen molar-refractivity contribution in [2.45, 2.75) is 32.7 Å². The number of aryl methyl sites for hydroxylation is 1. The molecule has 0 fully saturated rings. The SMILES string of the molecule is CCCCn1ccnc1-c1cccc(NC(=O)NCCC(=O)O)c1. The first-order chi connectivity index (χ1) is 11.6. The quantitative estimate of drug-likeness (QED) is 0.693. The van der Waals surface area contributed by atoms with Crippen LogP contribution < -0.4 is 10.6 Å². The van der Waals surface area contributed by atoms with Crippen molar-refractivity contribution in [1.82, 2.24) is 14.9 Å². The first-order valence-electron chi connectivity index (χ1n) is 7.98. The van der Waals surface area contributed by atoms with Crippen LogP contribution >= 0.6 is 0 Å². The van der Waals surface area contributed by atoms with E-state index in [9.17, 15) is 9.59 Å². The lowest BCUT2D eigenvalue weighted by molar-refractivity contribution is -0.136. The van der Waals surface area contributed by atoms with Gasteiger partial charge in [-0.25, -0.2) is 9.78 Å². The minimum absolute atomic E-state index is 0.0856. The zero-order chi connectivity index (χ0) is 17.4. The van der Waals surface area contributed by atoms with E-state index < -0.39 is 12.0 Å². The summed E-state index contributed by atoms with van der Waals surface area (Å²) in [6.45, 7) is 3.13. The summed E-state index contributed by atoms with van der Waals surface area (Å²) in [5.74, 6) is -0.0883. The number of urea groups is 1. The molecule has 2 rings (SSSR count). The van der Waals surface area contributed by atoms with E-state index in [0.717, 1.165) is 30.8 Å². The fraction of sp³-hybridized carbons (Fsp3) is 0.353. The van der Waals surface area contributed by atoms with Crippen molar-refractivity contribution >= 4 is 17.7 Å². The molecule has 128 valence electrons. The van der Waals surface area contributed by atoms with Gasteiger partial charge in [0.25, 0.3) is 0 Å². The van der Waals surface area contributed by atoms with Crippen molar-refractivity contribution in [2.75, 3.05) is 11.9 Å². The minimum Gasteiger partial charge on any atom is -0.481 e. The Bertz CT molecular complexity index is 697. The van der Waals surface area contributed by atoms with Gasteiger partial charge in [-0.1, -0.05) is 25.5 Å². The van der Waals surface area contributed by atoms with Gasteiger partial charge in [-0.2, -0.15) is 0 Å². The highest BCUT2D eigenvalue weighted by molar-refractivity contribution is 5.90. The second-order valence-corrected chi connectivity index (χ2v) is 5.40. The number of amides is 2. The lowest BCUT2D eigenvalue weighted by Crippen LogP contribution is -2.30. The number of carboxylic acids is 1. The highest BCUT2D eigenvalue weighted by atomic mass is 16.4. The Morgan fingerprint density at radius 1 is 1.33 bits per heavy atom. The number of benzene rings is 1. The topological polar surface area (TPSA) is 96.3 Å². The Balaban J connectivity index is 2.02. The summed E-state index contributed by atoms with van der Waals surface area (Å²) in [5, 5.41) is 13.8. The number of carbonyl (C=O) groups excluding carboxylic acids is 1. The molecule has 0 aliphatic rings. The smallest absolute Gasteiger partial charge is 0.319 e. The van der Waals surface area contributed by atoms with Crippen molar-refractivity contribution in [3.63, 3.8) is 0 Å². The normalized spacial score (nSPS) is 10.4. The molecule has 24 heavy (non-hydrogen) atoms. The second-order valence-electron chi connectivity index (χ2n) is 5.40. The number of unbranched alkanes of at least 4 members (excludes halogenated alkanes) is 1. The van der Waals surface area contributed by atoms with Crippen LogP contribution in [0, 0.1) is 0 Å². The lowest BCUT2D eigenvalue weighted by Gasteiger charge is -2.10. The van der Waals surface area contributed by atoms with Crippen molar-refractivity contribution in [3.05, 3.63) is 36.7 Å². The summed E-state index contributed by atoms with van der Waals surface area (Å²) in [5.41, 5.74) is 1.55. The van der Waals surface area contributed by atoms with Crippen LogP contribution in [0.3, 0.4) is 0 Å². The maximum absolute atomic E-state index is 11.8. The molecule has 0 spiro atoms. The number of nitrogens with zero attached hydrogens (tertiary/aromatic N) is 2. The molecular formula is C17H22N4O3. The summed E-state index contributed by atoms with van der Waals surface area (Å²) >= 11 is 0. The summed E-state index contributed by atoms with van der Waals surface area (Å²) < 4.78 is 2.09. The highest BCUT2D eigenvalue weighted by Crippen LogP contribution is 2.21. The molecule has 0 atom stereocenters. The van der Waals surface area contributed by atoms with E-state index in [1.807, 2.05) is 24.4 Å². The van der Waals surface area contributed by atoms with Crippen molar-refractivity contribution < 1.29 is 14.7 Å². The molecule has 7 nitrogen and oxygen atoms in total. The Morgan fingerprint density at radius 2 is 2.17 bits per heavy atom. The largest absolute Gasteiger partial charge is 0.481 e. The molecule has 7 heteroatoms. The number of anilines is 1. The third-order valence-corrected chi connectivity index (χ3v) is 3.47. The summed E-state index contributed by atoms with van der Waals surface area (Å²) in [7, 11) is 0. The van der Waals surface area contributed by atoms with Crippen LogP contribution in [0.25, 0.3) is 11.4 Å². The van der Waals surface area contributed by atoms with E-state index >= 15 is 0 Å². The second kappa shape index (κ2) is 8.71. The van der Waals surface area contributed by atoms with E-state index in [0.29, 0.717) is 5.69 Å². The highest BCUT2D eigenvalue weighted by Gasteiger charge is 2.08. The monoisotopic (exact) mass is 330 g/mol. The molecule has 0 aliphatic carbocycles. The van der Waals surface area contributed by atoms with Gasteiger partial charge < -0.3 is 20.3 Å². The first-order valence-corrected chi connectivity index (χ1v) is 7.98. The fourth-order valence-electron chi connectivity index (χ4n) is 2.27.